The average molecular weight is 556 g/mol. The molecule has 0 atom stereocenters. The summed E-state index contributed by atoms with van der Waals surface area (Å²) in [5, 5.41) is 5.48. The third kappa shape index (κ3) is 2.84. The number of rotatable bonds is 1. The molecule has 3 heterocycles. The largest absolute Gasteiger partial charge is 0.456 e. The van der Waals surface area contributed by atoms with E-state index >= 15 is 0 Å². The van der Waals surface area contributed by atoms with E-state index in [-0.39, 0.29) is 0 Å². The van der Waals surface area contributed by atoms with Crippen molar-refractivity contribution in [1.29, 1.82) is 0 Å². The van der Waals surface area contributed by atoms with E-state index in [0.29, 0.717) is 0 Å². The van der Waals surface area contributed by atoms with Gasteiger partial charge in [-0.1, -0.05) is 116 Å². The number of para-hydroxylation sites is 4. The molecule has 0 aliphatic carbocycles. The van der Waals surface area contributed by atoms with Gasteiger partial charge in [-0.05, 0) is 69.0 Å². The Balaban J connectivity index is 1.52. The van der Waals surface area contributed by atoms with Crippen molar-refractivity contribution in [2.24, 2.45) is 0 Å². The van der Waals surface area contributed by atoms with Crippen molar-refractivity contribution in [3.63, 3.8) is 0 Å². The van der Waals surface area contributed by atoms with Gasteiger partial charge in [-0.2, -0.15) is 0 Å². The van der Waals surface area contributed by atoms with E-state index in [1.54, 1.807) is 0 Å². The SMILES string of the molecule is C[Si]1(C)c2ccccc2C2(c3ccccc3N(c3ccccc3)c3ccccc32)c2ccc3oc4ccccc4c3c21. The summed E-state index contributed by atoms with van der Waals surface area (Å²) in [5.74, 6) is 0. The van der Waals surface area contributed by atoms with Crippen LogP contribution in [0.4, 0.5) is 17.1 Å². The highest BCUT2D eigenvalue weighted by Gasteiger charge is 2.54. The Bertz CT molecular complexity index is 2140. The molecule has 0 saturated heterocycles. The Morgan fingerprint density at radius 3 is 1.86 bits per heavy atom. The lowest BCUT2D eigenvalue weighted by atomic mass is 9.62. The van der Waals surface area contributed by atoms with E-state index in [2.05, 4.69) is 158 Å². The topological polar surface area (TPSA) is 16.4 Å². The fraction of sp³-hybridized carbons (Fsp3) is 0.0769. The third-order valence-corrected chi connectivity index (χ3v) is 13.2. The fourth-order valence-electron chi connectivity index (χ4n) is 8.10. The van der Waals surface area contributed by atoms with Crippen molar-refractivity contribution in [1.82, 2.24) is 0 Å². The summed E-state index contributed by atoms with van der Waals surface area (Å²) in [7, 11) is -2.18. The summed E-state index contributed by atoms with van der Waals surface area (Å²) in [4.78, 5) is 2.45. The summed E-state index contributed by atoms with van der Waals surface area (Å²) in [6.45, 7) is 5.05. The molecule has 0 amide bonds. The van der Waals surface area contributed by atoms with E-state index in [1.807, 2.05) is 0 Å². The van der Waals surface area contributed by atoms with Gasteiger partial charge in [0.2, 0.25) is 0 Å². The normalized spacial score (nSPS) is 15.7. The van der Waals surface area contributed by atoms with Crippen molar-refractivity contribution < 1.29 is 4.42 Å². The van der Waals surface area contributed by atoms with E-state index in [4.69, 9.17) is 4.42 Å². The molecule has 7 aromatic rings. The lowest BCUT2D eigenvalue weighted by Crippen LogP contribution is -2.64. The van der Waals surface area contributed by atoms with Crippen LogP contribution in [0.15, 0.2) is 144 Å². The Kier molecular flexibility index (Phi) is 4.73. The van der Waals surface area contributed by atoms with Crippen LogP contribution in [0, 0.1) is 0 Å². The maximum Gasteiger partial charge on any atom is 0.135 e. The number of benzene rings is 6. The summed E-state index contributed by atoms with van der Waals surface area (Å²) >= 11 is 0. The van der Waals surface area contributed by atoms with Gasteiger partial charge in [0.15, 0.2) is 0 Å². The Hall–Kier alpha value is -4.86. The first-order valence-corrected chi connectivity index (χ1v) is 17.7. The molecule has 0 N–H and O–H groups in total. The molecular formula is C39H29NOSi. The molecule has 2 aliphatic rings. The van der Waals surface area contributed by atoms with E-state index in [1.165, 1.54) is 60.5 Å². The zero-order valence-electron chi connectivity index (χ0n) is 23.6. The monoisotopic (exact) mass is 555 g/mol. The zero-order valence-corrected chi connectivity index (χ0v) is 24.6. The number of nitrogens with zero attached hydrogens (tertiary/aromatic N) is 1. The first-order chi connectivity index (χ1) is 20.6. The van der Waals surface area contributed by atoms with Gasteiger partial charge in [0.05, 0.1) is 16.8 Å². The van der Waals surface area contributed by atoms with E-state index in [0.717, 1.165) is 11.2 Å². The van der Waals surface area contributed by atoms with Crippen LogP contribution in [0.25, 0.3) is 21.9 Å². The molecule has 0 saturated carbocycles. The molecule has 1 aromatic heterocycles. The van der Waals surface area contributed by atoms with Gasteiger partial charge in [0, 0.05) is 16.5 Å². The second kappa shape index (κ2) is 8.34. The highest BCUT2D eigenvalue weighted by atomic mass is 28.3. The van der Waals surface area contributed by atoms with E-state index in [9.17, 15) is 0 Å². The van der Waals surface area contributed by atoms with Gasteiger partial charge in [0.1, 0.15) is 19.2 Å². The molecule has 0 radical (unpaired) electrons. The minimum atomic E-state index is -2.18. The molecule has 3 heteroatoms. The number of hydrogen-bond donors (Lipinski definition) is 0. The molecule has 6 aromatic carbocycles. The van der Waals surface area contributed by atoms with Gasteiger partial charge in [-0.25, -0.2) is 0 Å². The zero-order chi connectivity index (χ0) is 28.1. The molecule has 1 spiro atoms. The van der Waals surface area contributed by atoms with Crippen LogP contribution in [0.3, 0.4) is 0 Å². The maximum atomic E-state index is 6.50. The molecule has 42 heavy (non-hydrogen) atoms. The molecule has 0 fully saturated rings. The quantitative estimate of drug-likeness (QED) is 0.188. The van der Waals surface area contributed by atoms with Crippen molar-refractivity contribution in [2.45, 2.75) is 18.5 Å². The molecule has 2 aliphatic heterocycles. The van der Waals surface area contributed by atoms with Crippen LogP contribution >= 0.6 is 0 Å². The van der Waals surface area contributed by atoms with Crippen LogP contribution in [0.2, 0.25) is 13.1 Å². The molecule has 200 valence electrons. The Labute approximate surface area is 246 Å². The van der Waals surface area contributed by atoms with Crippen molar-refractivity contribution in [2.75, 3.05) is 4.90 Å². The number of hydrogen-bond acceptors (Lipinski definition) is 2. The lowest BCUT2D eigenvalue weighted by molar-refractivity contribution is 0.668. The smallest absolute Gasteiger partial charge is 0.135 e. The van der Waals surface area contributed by atoms with Crippen molar-refractivity contribution in [3.8, 4) is 0 Å². The minimum Gasteiger partial charge on any atom is -0.456 e. The number of fused-ring (bicyclic) bond motifs is 12. The number of furan rings is 1. The molecule has 2 nitrogen and oxygen atoms in total. The molecule has 0 bridgehead atoms. The van der Waals surface area contributed by atoms with Gasteiger partial charge in [-0.3, -0.25) is 0 Å². The van der Waals surface area contributed by atoms with Gasteiger partial charge < -0.3 is 9.32 Å². The van der Waals surface area contributed by atoms with E-state index < -0.39 is 13.5 Å². The highest BCUT2D eigenvalue weighted by molar-refractivity contribution is 7.03. The predicted molar refractivity (Wildman–Crippen MR) is 177 cm³/mol. The first kappa shape index (κ1) is 23.8. The summed E-state index contributed by atoms with van der Waals surface area (Å²) in [6.07, 6.45) is 0. The first-order valence-electron chi connectivity index (χ1n) is 14.7. The van der Waals surface area contributed by atoms with Gasteiger partial charge in [0.25, 0.3) is 0 Å². The maximum absolute atomic E-state index is 6.50. The Morgan fingerprint density at radius 2 is 1.12 bits per heavy atom. The van der Waals surface area contributed by atoms with Crippen molar-refractivity contribution in [3.05, 3.63) is 162 Å². The van der Waals surface area contributed by atoms with Crippen LogP contribution < -0.4 is 15.3 Å². The van der Waals surface area contributed by atoms with Gasteiger partial charge >= 0.3 is 0 Å². The highest BCUT2D eigenvalue weighted by Crippen LogP contribution is 2.58. The Morgan fingerprint density at radius 1 is 0.524 bits per heavy atom. The molecule has 0 unspecified atom stereocenters. The second-order valence-corrected chi connectivity index (χ2v) is 16.4. The number of anilines is 3. The minimum absolute atomic E-state index is 0.473. The van der Waals surface area contributed by atoms with Crippen LogP contribution in [-0.2, 0) is 5.41 Å². The second-order valence-electron chi connectivity index (χ2n) is 12.1. The van der Waals surface area contributed by atoms with Crippen molar-refractivity contribution >= 4 is 57.4 Å². The van der Waals surface area contributed by atoms with Crippen LogP contribution in [-0.4, -0.2) is 8.07 Å². The summed E-state index contributed by atoms with van der Waals surface area (Å²) < 4.78 is 6.50. The molecule has 9 rings (SSSR count). The summed E-state index contributed by atoms with van der Waals surface area (Å²) in [5.41, 5.74) is 10.5. The average Bonchev–Trinajstić information content (AvgIpc) is 3.42. The van der Waals surface area contributed by atoms with Crippen LogP contribution in [0.5, 0.6) is 0 Å². The van der Waals surface area contributed by atoms with Gasteiger partial charge in [-0.15, -0.1) is 0 Å². The fourth-order valence-corrected chi connectivity index (χ4v) is 11.6. The standard InChI is InChI=1S/C39H29NOSi/c1-42(2)36-23-13-9-19-30(36)39(31-24-25-35-37(38(31)42)27-16-6-12-22-34(27)41-35)28-17-7-10-20-32(28)40(26-14-4-3-5-15-26)33-21-11-8-18-29(33)39/h3-25H,1-2H3. The summed E-state index contributed by atoms with van der Waals surface area (Å²) in [6, 6.07) is 51.3. The third-order valence-electron chi connectivity index (χ3n) is 9.69. The predicted octanol–water partition coefficient (Wildman–Crippen LogP) is 8.89. The van der Waals surface area contributed by atoms with Crippen LogP contribution in [0.1, 0.15) is 22.3 Å². The molecular weight excluding hydrogens is 527 g/mol. The lowest BCUT2D eigenvalue weighted by Gasteiger charge is -2.52.